The minimum Gasteiger partial charge on any atom is -0.280 e. The van der Waals surface area contributed by atoms with E-state index in [-0.39, 0.29) is 6.04 Å². The highest BCUT2D eigenvalue weighted by Gasteiger charge is 2.42. The SMILES string of the molecule is Cc1ccc(S(=O)(=O)N(c2n[nH]c3c2C=CC(c2ccccc2)(c2ccccn2)C3)C2CCC2)cc1. The highest BCUT2D eigenvalue weighted by atomic mass is 32.2. The average Bonchev–Trinajstić information content (AvgIpc) is 3.29. The van der Waals surface area contributed by atoms with Gasteiger partial charge in [-0.1, -0.05) is 66.2 Å². The number of nitrogens with zero attached hydrogens (tertiary/aromatic N) is 3. The van der Waals surface area contributed by atoms with Gasteiger partial charge in [-0.15, -0.1) is 0 Å². The van der Waals surface area contributed by atoms with Gasteiger partial charge in [0.15, 0.2) is 5.82 Å². The third-order valence-electron chi connectivity index (χ3n) is 7.46. The summed E-state index contributed by atoms with van der Waals surface area (Å²) in [5.74, 6) is 0.481. The molecule has 0 radical (unpaired) electrons. The lowest BCUT2D eigenvalue weighted by Gasteiger charge is -2.38. The number of rotatable bonds is 6. The molecule has 182 valence electrons. The van der Waals surface area contributed by atoms with Crippen molar-refractivity contribution >= 4 is 21.9 Å². The summed E-state index contributed by atoms with van der Waals surface area (Å²) in [4.78, 5) is 5.01. The quantitative estimate of drug-likeness (QED) is 0.387. The van der Waals surface area contributed by atoms with Crippen molar-refractivity contribution < 1.29 is 8.42 Å². The maximum atomic E-state index is 13.9. The number of allylic oxidation sites excluding steroid dienone is 1. The van der Waals surface area contributed by atoms with Crippen molar-refractivity contribution in [3.05, 3.63) is 113 Å². The van der Waals surface area contributed by atoms with Crippen molar-refractivity contribution in [3.63, 3.8) is 0 Å². The van der Waals surface area contributed by atoms with Gasteiger partial charge in [-0.3, -0.25) is 10.1 Å². The number of benzene rings is 2. The molecule has 36 heavy (non-hydrogen) atoms. The Morgan fingerprint density at radius 3 is 2.39 bits per heavy atom. The third kappa shape index (κ3) is 3.66. The lowest BCUT2D eigenvalue weighted by Crippen LogP contribution is -2.45. The summed E-state index contributed by atoms with van der Waals surface area (Å²) < 4.78 is 29.3. The molecule has 1 fully saturated rings. The molecule has 2 heterocycles. The standard InChI is InChI=1S/C29H28N4O2S/c1-21-13-15-24(16-14-21)36(34,35)33(23-10-7-11-23)28-25-17-18-29(20-26(25)31-32-28,22-8-3-2-4-9-22)27-12-5-6-19-30-27/h2-6,8-9,12-19,23H,7,10-11,20H2,1H3,(H,31,32). The Morgan fingerprint density at radius 1 is 0.972 bits per heavy atom. The number of H-pyrrole nitrogens is 1. The molecule has 1 unspecified atom stereocenters. The van der Waals surface area contributed by atoms with Crippen LogP contribution in [-0.4, -0.2) is 29.6 Å². The zero-order valence-electron chi connectivity index (χ0n) is 20.1. The molecule has 0 aliphatic heterocycles. The molecule has 2 aliphatic carbocycles. The second-order valence-electron chi connectivity index (χ2n) is 9.70. The fourth-order valence-electron chi connectivity index (χ4n) is 5.23. The van der Waals surface area contributed by atoms with Crippen molar-refractivity contribution in [2.24, 2.45) is 0 Å². The molecule has 6 rings (SSSR count). The average molecular weight is 497 g/mol. The van der Waals surface area contributed by atoms with Crippen molar-refractivity contribution in [2.75, 3.05) is 4.31 Å². The van der Waals surface area contributed by atoms with Gasteiger partial charge in [-0.05, 0) is 56.0 Å². The van der Waals surface area contributed by atoms with Gasteiger partial charge in [0.05, 0.1) is 16.0 Å². The van der Waals surface area contributed by atoms with Crippen LogP contribution in [0, 0.1) is 6.92 Å². The number of pyridine rings is 1. The first kappa shape index (κ1) is 22.7. The normalized spacial score (nSPS) is 19.5. The van der Waals surface area contributed by atoms with Crippen LogP contribution in [-0.2, 0) is 21.9 Å². The Bertz CT molecular complexity index is 1470. The Hall–Kier alpha value is -3.71. The molecule has 1 saturated carbocycles. The summed E-state index contributed by atoms with van der Waals surface area (Å²) in [5.41, 5.74) is 4.36. The number of nitrogens with one attached hydrogen (secondary N) is 1. The highest BCUT2D eigenvalue weighted by Crippen LogP contribution is 2.44. The largest absolute Gasteiger partial charge is 0.280 e. The molecule has 0 bridgehead atoms. The first-order valence-electron chi connectivity index (χ1n) is 12.3. The first-order chi connectivity index (χ1) is 17.5. The van der Waals surface area contributed by atoms with Crippen LogP contribution in [0.2, 0.25) is 0 Å². The molecular formula is C29H28N4O2S. The molecule has 2 aromatic carbocycles. The van der Waals surface area contributed by atoms with E-state index in [1.165, 1.54) is 0 Å². The van der Waals surface area contributed by atoms with Gasteiger partial charge in [-0.2, -0.15) is 5.10 Å². The molecule has 2 aliphatic rings. The number of hydrogen-bond acceptors (Lipinski definition) is 4. The number of aryl methyl sites for hydroxylation is 1. The van der Waals surface area contributed by atoms with Crippen molar-refractivity contribution in [2.45, 2.75) is 49.0 Å². The monoisotopic (exact) mass is 496 g/mol. The fourth-order valence-corrected chi connectivity index (χ4v) is 6.91. The van der Waals surface area contributed by atoms with E-state index in [4.69, 9.17) is 4.98 Å². The predicted octanol–water partition coefficient (Wildman–Crippen LogP) is 5.42. The lowest BCUT2D eigenvalue weighted by molar-refractivity contribution is 0.413. The van der Waals surface area contributed by atoms with Crippen molar-refractivity contribution in [1.82, 2.24) is 15.2 Å². The van der Waals surface area contributed by atoms with Crippen LogP contribution in [0.4, 0.5) is 5.82 Å². The fraction of sp³-hybridized carbons (Fsp3) is 0.241. The van der Waals surface area contributed by atoms with E-state index in [1.807, 2.05) is 67.7 Å². The molecule has 4 aromatic rings. The summed E-state index contributed by atoms with van der Waals surface area (Å²) in [7, 11) is -3.76. The van der Waals surface area contributed by atoms with Gasteiger partial charge in [0.25, 0.3) is 10.0 Å². The number of aromatic nitrogens is 3. The maximum absolute atomic E-state index is 13.9. The van der Waals surface area contributed by atoms with Crippen LogP contribution >= 0.6 is 0 Å². The second-order valence-corrected chi connectivity index (χ2v) is 11.5. The van der Waals surface area contributed by atoms with Gasteiger partial charge in [0, 0.05) is 29.9 Å². The smallest absolute Gasteiger partial charge is 0.265 e. The van der Waals surface area contributed by atoms with E-state index in [9.17, 15) is 8.42 Å². The van der Waals surface area contributed by atoms with Gasteiger partial charge in [0.1, 0.15) is 0 Å². The minimum atomic E-state index is -3.76. The second kappa shape index (κ2) is 8.75. The maximum Gasteiger partial charge on any atom is 0.265 e. The lowest BCUT2D eigenvalue weighted by atomic mass is 9.70. The van der Waals surface area contributed by atoms with Crippen molar-refractivity contribution in [1.29, 1.82) is 0 Å². The Kier molecular flexibility index (Phi) is 5.52. The van der Waals surface area contributed by atoms with E-state index in [0.717, 1.165) is 47.3 Å². The molecule has 1 N–H and O–H groups in total. The van der Waals surface area contributed by atoms with Gasteiger partial charge in [0.2, 0.25) is 0 Å². The number of anilines is 1. The van der Waals surface area contributed by atoms with E-state index < -0.39 is 15.4 Å². The number of sulfonamides is 1. The summed E-state index contributed by atoms with van der Waals surface area (Å²) in [6, 6.07) is 23.2. The molecule has 0 saturated heterocycles. The van der Waals surface area contributed by atoms with Crippen molar-refractivity contribution in [3.8, 4) is 0 Å². The molecular weight excluding hydrogens is 468 g/mol. The topological polar surface area (TPSA) is 79.0 Å². The van der Waals surface area contributed by atoms with Crippen LogP contribution in [0.15, 0.2) is 90.0 Å². The number of fused-ring (bicyclic) bond motifs is 1. The summed E-state index contributed by atoms with van der Waals surface area (Å²) in [5, 5.41) is 7.81. The molecule has 2 aromatic heterocycles. The number of aromatic amines is 1. The van der Waals surface area contributed by atoms with E-state index in [2.05, 4.69) is 28.4 Å². The van der Waals surface area contributed by atoms with E-state index in [1.54, 1.807) is 16.4 Å². The van der Waals surface area contributed by atoms with Crippen LogP contribution in [0.25, 0.3) is 6.08 Å². The molecule has 7 heteroatoms. The molecule has 6 nitrogen and oxygen atoms in total. The van der Waals surface area contributed by atoms with Crippen LogP contribution in [0.3, 0.4) is 0 Å². The highest BCUT2D eigenvalue weighted by molar-refractivity contribution is 7.92. The summed E-state index contributed by atoms with van der Waals surface area (Å²) >= 11 is 0. The Balaban J connectivity index is 1.46. The minimum absolute atomic E-state index is 0.0892. The molecule has 0 amide bonds. The molecule has 1 atom stereocenters. The first-order valence-corrected chi connectivity index (χ1v) is 13.8. The zero-order valence-corrected chi connectivity index (χ0v) is 20.9. The summed E-state index contributed by atoms with van der Waals surface area (Å²) in [6.07, 6.45) is 9.28. The summed E-state index contributed by atoms with van der Waals surface area (Å²) in [6.45, 7) is 1.95. The molecule has 0 spiro atoms. The predicted molar refractivity (Wildman–Crippen MR) is 141 cm³/mol. The Labute approximate surface area is 211 Å². The van der Waals surface area contributed by atoms with E-state index >= 15 is 0 Å². The van der Waals surface area contributed by atoms with Gasteiger partial charge < -0.3 is 0 Å². The third-order valence-corrected chi connectivity index (χ3v) is 9.31. The van der Waals surface area contributed by atoms with E-state index in [0.29, 0.717) is 17.1 Å². The van der Waals surface area contributed by atoms with Crippen LogP contribution in [0.5, 0.6) is 0 Å². The zero-order chi connectivity index (χ0) is 24.8. The van der Waals surface area contributed by atoms with Crippen LogP contribution in [0.1, 0.15) is 47.3 Å². The van der Waals surface area contributed by atoms with Crippen LogP contribution < -0.4 is 4.31 Å². The van der Waals surface area contributed by atoms with Gasteiger partial charge in [-0.25, -0.2) is 12.7 Å². The number of hydrogen-bond donors (Lipinski definition) is 1. The van der Waals surface area contributed by atoms with Gasteiger partial charge >= 0.3 is 0 Å². The Morgan fingerprint density at radius 2 is 1.72 bits per heavy atom.